The van der Waals surface area contributed by atoms with Crippen LogP contribution < -0.4 is 11.1 Å². The average Bonchev–Trinajstić information content (AvgIpc) is 3.29. The van der Waals surface area contributed by atoms with E-state index < -0.39 is 0 Å². The number of anilines is 2. The number of nitrogens with one attached hydrogen (secondary N) is 1. The van der Waals surface area contributed by atoms with E-state index in [1.807, 2.05) is 41.8 Å². The molecule has 4 aromatic rings. The van der Waals surface area contributed by atoms with Gasteiger partial charge < -0.3 is 16.2 Å². The lowest BCUT2D eigenvalue weighted by molar-refractivity contribution is 0.102. The van der Waals surface area contributed by atoms with E-state index in [2.05, 4.69) is 27.2 Å². The summed E-state index contributed by atoms with van der Waals surface area (Å²) in [6, 6.07) is 9.45. The fourth-order valence-electron chi connectivity index (χ4n) is 5.07. The first kappa shape index (κ1) is 23.9. The summed E-state index contributed by atoms with van der Waals surface area (Å²) in [6.45, 7) is 4.09. The largest absolute Gasteiger partial charge is 0.393 e. The van der Waals surface area contributed by atoms with Crippen LogP contribution in [0.4, 0.5) is 11.6 Å². The van der Waals surface area contributed by atoms with Gasteiger partial charge in [0.25, 0.3) is 5.91 Å². The summed E-state index contributed by atoms with van der Waals surface area (Å²) in [5, 5.41) is 12.8. The van der Waals surface area contributed by atoms with Crippen LogP contribution in [0.25, 0.3) is 16.8 Å². The van der Waals surface area contributed by atoms with Crippen LogP contribution in [0.15, 0.2) is 48.9 Å². The highest BCUT2D eigenvalue weighted by Gasteiger charge is 2.25. The summed E-state index contributed by atoms with van der Waals surface area (Å²) in [5.41, 5.74) is 11.4. The Morgan fingerprint density at radius 2 is 1.97 bits per heavy atom. The number of nitrogen functional groups attached to an aromatic ring is 1. The molecule has 0 radical (unpaired) electrons. The number of carbonyl (C=O) groups excluding carboxylic acids is 1. The van der Waals surface area contributed by atoms with E-state index in [1.165, 1.54) is 0 Å². The number of carbonyl (C=O) groups is 1. The molecule has 0 bridgehead atoms. The third kappa shape index (κ3) is 4.81. The second kappa shape index (κ2) is 10.1. The maximum Gasteiger partial charge on any atom is 0.256 e. The van der Waals surface area contributed by atoms with E-state index >= 15 is 0 Å². The molecule has 0 spiro atoms. The maximum atomic E-state index is 12.9. The maximum absolute atomic E-state index is 12.9. The van der Waals surface area contributed by atoms with E-state index in [4.69, 9.17) is 5.73 Å². The minimum absolute atomic E-state index is 0.204. The third-order valence-electron chi connectivity index (χ3n) is 7.01. The number of aliphatic hydroxyl groups excluding tert-OH is 1. The van der Waals surface area contributed by atoms with Crippen LogP contribution in [-0.2, 0) is 6.42 Å². The zero-order valence-corrected chi connectivity index (χ0v) is 20.7. The number of hydrogen-bond acceptors (Lipinski definition) is 6. The smallest absolute Gasteiger partial charge is 0.256 e. The Labute approximate surface area is 210 Å². The van der Waals surface area contributed by atoms with E-state index in [9.17, 15) is 9.90 Å². The van der Waals surface area contributed by atoms with Gasteiger partial charge >= 0.3 is 0 Å². The van der Waals surface area contributed by atoms with Crippen LogP contribution in [-0.4, -0.2) is 36.5 Å². The van der Waals surface area contributed by atoms with Gasteiger partial charge in [0.2, 0.25) is 0 Å². The van der Waals surface area contributed by atoms with Crippen LogP contribution in [0.1, 0.15) is 72.3 Å². The standard InChI is InChI=1S/C28H32N6O2/c1-3-4-18-11-12-30-25(14-18)33-28(36)20-7-10-22(17(2)13-20)23-16-34-24(26(29)32-23)15-31-27(34)19-5-8-21(35)9-6-19/h7,10-16,19,21,35H,3-6,8-9H2,1-2H3,(H2,29,32)(H,30,33,36). The molecular formula is C28H32N6O2. The second-order valence-corrected chi connectivity index (χ2v) is 9.67. The number of aryl methyl sites for hydroxylation is 2. The fourth-order valence-corrected chi connectivity index (χ4v) is 5.07. The van der Waals surface area contributed by atoms with E-state index in [1.54, 1.807) is 18.5 Å². The Morgan fingerprint density at radius 1 is 1.17 bits per heavy atom. The first-order chi connectivity index (χ1) is 17.4. The topological polar surface area (TPSA) is 118 Å². The molecule has 1 aliphatic carbocycles. The average molecular weight is 485 g/mol. The molecule has 0 saturated heterocycles. The number of nitrogens with zero attached hydrogens (tertiary/aromatic N) is 4. The van der Waals surface area contributed by atoms with Gasteiger partial charge in [-0.1, -0.05) is 19.4 Å². The highest BCUT2D eigenvalue weighted by molar-refractivity contribution is 6.04. The summed E-state index contributed by atoms with van der Waals surface area (Å²) in [5.74, 6) is 2.00. The fraction of sp³-hybridized carbons (Fsp3) is 0.357. The molecule has 0 unspecified atom stereocenters. The lowest BCUT2D eigenvalue weighted by Crippen LogP contribution is -2.18. The van der Waals surface area contributed by atoms with Crippen LogP contribution in [0.3, 0.4) is 0 Å². The summed E-state index contributed by atoms with van der Waals surface area (Å²) < 4.78 is 2.04. The van der Waals surface area contributed by atoms with Crippen LogP contribution >= 0.6 is 0 Å². The van der Waals surface area contributed by atoms with Crippen molar-refractivity contribution in [2.75, 3.05) is 11.1 Å². The second-order valence-electron chi connectivity index (χ2n) is 9.67. The molecule has 1 aliphatic rings. The molecule has 0 atom stereocenters. The normalized spacial score (nSPS) is 17.9. The van der Waals surface area contributed by atoms with Crippen molar-refractivity contribution in [2.24, 2.45) is 0 Å². The van der Waals surface area contributed by atoms with Crippen molar-refractivity contribution >= 4 is 23.1 Å². The van der Waals surface area contributed by atoms with Crippen molar-refractivity contribution in [2.45, 2.75) is 64.4 Å². The molecule has 4 N–H and O–H groups in total. The van der Waals surface area contributed by atoms with Crippen LogP contribution in [0.5, 0.6) is 0 Å². The molecule has 3 aromatic heterocycles. The van der Waals surface area contributed by atoms with Gasteiger partial charge in [0.15, 0.2) is 0 Å². The lowest BCUT2D eigenvalue weighted by Gasteiger charge is -2.24. The molecule has 186 valence electrons. The van der Waals surface area contributed by atoms with Gasteiger partial charge in [-0.3, -0.25) is 9.20 Å². The molecule has 36 heavy (non-hydrogen) atoms. The molecule has 0 aliphatic heterocycles. The number of aromatic nitrogens is 4. The van der Waals surface area contributed by atoms with Crippen molar-refractivity contribution in [1.82, 2.24) is 19.4 Å². The monoisotopic (exact) mass is 484 g/mol. The zero-order chi connectivity index (χ0) is 25.2. The lowest BCUT2D eigenvalue weighted by atomic mass is 9.87. The van der Waals surface area contributed by atoms with Gasteiger partial charge in [-0.15, -0.1) is 0 Å². The Kier molecular flexibility index (Phi) is 6.69. The number of benzene rings is 1. The number of fused-ring (bicyclic) bond motifs is 1. The molecular weight excluding hydrogens is 452 g/mol. The van der Waals surface area contributed by atoms with Crippen molar-refractivity contribution < 1.29 is 9.90 Å². The first-order valence-electron chi connectivity index (χ1n) is 12.6. The van der Waals surface area contributed by atoms with Gasteiger partial charge in [-0.2, -0.15) is 0 Å². The van der Waals surface area contributed by atoms with Gasteiger partial charge in [-0.25, -0.2) is 15.0 Å². The van der Waals surface area contributed by atoms with Gasteiger partial charge in [-0.05, 0) is 74.4 Å². The quantitative estimate of drug-likeness (QED) is 0.358. The molecule has 1 amide bonds. The third-order valence-corrected chi connectivity index (χ3v) is 7.01. The summed E-state index contributed by atoms with van der Waals surface area (Å²) in [7, 11) is 0. The number of pyridine rings is 1. The summed E-state index contributed by atoms with van der Waals surface area (Å²) in [6.07, 6.45) is 10.6. The number of imidazole rings is 1. The van der Waals surface area contributed by atoms with Crippen molar-refractivity contribution in [1.29, 1.82) is 0 Å². The Balaban J connectivity index is 1.41. The molecule has 8 heteroatoms. The number of hydrogen-bond donors (Lipinski definition) is 3. The minimum atomic E-state index is -0.218. The SMILES string of the molecule is CCCc1ccnc(NC(=O)c2ccc(-c3cn4c(C5CCC(O)CC5)ncc4c(N)n3)c(C)c2)c1. The predicted molar refractivity (Wildman–Crippen MR) is 141 cm³/mol. The summed E-state index contributed by atoms with van der Waals surface area (Å²) >= 11 is 0. The van der Waals surface area contributed by atoms with E-state index in [0.29, 0.717) is 17.2 Å². The highest BCUT2D eigenvalue weighted by Crippen LogP contribution is 2.34. The number of nitrogens with two attached hydrogens (primary N) is 1. The number of rotatable bonds is 6. The first-order valence-corrected chi connectivity index (χ1v) is 12.6. The Hall–Kier alpha value is -3.78. The van der Waals surface area contributed by atoms with Crippen molar-refractivity contribution in [3.05, 3.63) is 71.4 Å². The number of amides is 1. The Bertz CT molecular complexity index is 1400. The van der Waals surface area contributed by atoms with Crippen LogP contribution in [0.2, 0.25) is 0 Å². The minimum Gasteiger partial charge on any atom is -0.393 e. The van der Waals surface area contributed by atoms with Gasteiger partial charge in [0.05, 0.1) is 18.0 Å². The van der Waals surface area contributed by atoms with E-state index in [0.717, 1.165) is 72.3 Å². The predicted octanol–water partition coefficient (Wildman–Crippen LogP) is 4.91. The molecule has 1 saturated carbocycles. The van der Waals surface area contributed by atoms with Crippen LogP contribution in [0, 0.1) is 6.92 Å². The van der Waals surface area contributed by atoms with Crippen molar-refractivity contribution in [3.8, 4) is 11.3 Å². The van der Waals surface area contributed by atoms with Gasteiger partial charge in [0.1, 0.15) is 23.0 Å². The molecule has 5 rings (SSSR count). The molecule has 1 fully saturated rings. The molecule has 1 aromatic carbocycles. The zero-order valence-electron chi connectivity index (χ0n) is 20.7. The van der Waals surface area contributed by atoms with Gasteiger partial charge in [0, 0.05) is 29.4 Å². The summed E-state index contributed by atoms with van der Waals surface area (Å²) in [4.78, 5) is 26.5. The van der Waals surface area contributed by atoms with Crippen molar-refractivity contribution in [3.63, 3.8) is 0 Å². The highest BCUT2D eigenvalue weighted by atomic mass is 16.3. The number of aliphatic hydroxyl groups is 1. The Morgan fingerprint density at radius 3 is 2.72 bits per heavy atom. The van der Waals surface area contributed by atoms with E-state index in [-0.39, 0.29) is 17.9 Å². The molecule has 8 nitrogen and oxygen atoms in total. The molecule has 3 heterocycles.